The van der Waals surface area contributed by atoms with Gasteiger partial charge in [0.25, 0.3) is 0 Å². The number of rotatable bonds is 8. The Balaban J connectivity index is 2.55. The summed E-state index contributed by atoms with van der Waals surface area (Å²) in [6.07, 6.45) is 1.96. The number of hydrogen-bond donors (Lipinski definition) is 2. The molecule has 1 amide bonds. The van der Waals surface area contributed by atoms with Crippen molar-refractivity contribution in [3.63, 3.8) is 0 Å². The van der Waals surface area contributed by atoms with Gasteiger partial charge < -0.3 is 10.4 Å². The monoisotopic (exact) mass is 302 g/mol. The maximum atomic E-state index is 13.5. The predicted octanol–water partition coefficient (Wildman–Crippen LogP) is 2.51. The number of anilines is 1. The third kappa shape index (κ3) is 5.86. The van der Waals surface area contributed by atoms with E-state index in [4.69, 9.17) is 16.7 Å². The fourth-order valence-corrected chi connectivity index (χ4v) is 1.94. The lowest BCUT2D eigenvalue weighted by atomic mass is 10.3. The molecule has 0 spiro atoms. The van der Waals surface area contributed by atoms with E-state index in [-0.39, 0.29) is 29.8 Å². The molecule has 0 atom stereocenters. The minimum absolute atomic E-state index is 0.00764. The van der Waals surface area contributed by atoms with Crippen molar-refractivity contribution in [2.45, 2.75) is 19.8 Å². The van der Waals surface area contributed by atoms with Crippen molar-refractivity contribution in [1.82, 2.24) is 4.90 Å². The van der Waals surface area contributed by atoms with Crippen molar-refractivity contribution in [2.24, 2.45) is 0 Å². The average Bonchev–Trinajstić information content (AvgIpc) is 2.39. The van der Waals surface area contributed by atoms with Gasteiger partial charge in [0, 0.05) is 11.6 Å². The molecule has 112 valence electrons. The van der Waals surface area contributed by atoms with Crippen LogP contribution in [0.1, 0.15) is 19.8 Å². The summed E-state index contributed by atoms with van der Waals surface area (Å²) in [5.41, 5.74) is 0.110. The molecule has 0 aromatic heterocycles. The van der Waals surface area contributed by atoms with Crippen LogP contribution in [0.2, 0.25) is 5.02 Å². The van der Waals surface area contributed by atoms with Gasteiger partial charge in [-0.25, -0.2) is 4.39 Å². The topological polar surface area (TPSA) is 52.6 Å². The van der Waals surface area contributed by atoms with E-state index in [1.807, 2.05) is 4.90 Å². The van der Waals surface area contributed by atoms with Gasteiger partial charge in [-0.3, -0.25) is 9.69 Å². The molecule has 20 heavy (non-hydrogen) atoms. The third-order valence-corrected chi connectivity index (χ3v) is 3.05. The van der Waals surface area contributed by atoms with Crippen LogP contribution < -0.4 is 5.32 Å². The first-order valence-corrected chi connectivity index (χ1v) is 7.02. The van der Waals surface area contributed by atoms with Gasteiger partial charge in [-0.2, -0.15) is 0 Å². The molecule has 0 aliphatic rings. The zero-order valence-corrected chi connectivity index (χ0v) is 12.3. The maximum absolute atomic E-state index is 13.5. The number of carbonyl (C=O) groups is 1. The first-order chi connectivity index (χ1) is 9.56. The highest BCUT2D eigenvalue weighted by Gasteiger charge is 2.12. The van der Waals surface area contributed by atoms with Crippen LogP contribution in [-0.4, -0.2) is 42.2 Å². The largest absolute Gasteiger partial charge is 0.395 e. The van der Waals surface area contributed by atoms with E-state index in [1.165, 1.54) is 12.1 Å². The third-order valence-electron chi connectivity index (χ3n) is 2.82. The van der Waals surface area contributed by atoms with Crippen molar-refractivity contribution in [3.8, 4) is 0 Å². The van der Waals surface area contributed by atoms with Crippen molar-refractivity contribution in [1.29, 1.82) is 0 Å². The Morgan fingerprint density at radius 3 is 2.80 bits per heavy atom. The highest BCUT2D eigenvalue weighted by molar-refractivity contribution is 6.30. The molecule has 1 aromatic rings. The van der Waals surface area contributed by atoms with Crippen LogP contribution >= 0.6 is 11.6 Å². The van der Waals surface area contributed by atoms with E-state index in [9.17, 15) is 9.18 Å². The first-order valence-electron chi connectivity index (χ1n) is 6.65. The molecule has 0 radical (unpaired) electrons. The first kappa shape index (κ1) is 16.9. The van der Waals surface area contributed by atoms with Crippen LogP contribution in [0.25, 0.3) is 0 Å². The maximum Gasteiger partial charge on any atom is 0.238 e. The summed E-state index contributed by atoms with van der Waals surface area (Å²) in [7, 11) is 0. The number of aliphatic hydroxyl groups is 1. The molecule has 0 bridgehead atoms. The van der Waals surface area contributed by atoms with Gasteiger partial charge in [0.15, 0.2) is 0 Å². The molecule has 2 N–H and O–H groups in total. The highest BCUT2D eigenvalue weighted by atomic mass is 35.5. The van der Waals surface area contributed by atoms with Crippen LogP contribution in [0.5, 0.6) is 0 Å². The molecular formula is C14H20ClFN2O2. The molecule has 4 nitrogen and oxygen atoms in total. The highest BCUT2D eigenvalue weighted by Crippen LogP contribution is 2.18. The smallest absolute Gasteiger partial charge is 0.238 e. The van der Waals surface area contributed by atoms with E-state index in [1.54, 1.807) is 0 Å². The molecule has 0 fully saturated rings. The summed E-state index contributed by atoms with van der Waals surface area (Å²) in [6.45, 7) is 3.33. The number of aliphatic hydroxyl groups excluding tert-OH is 1. The van der Waals surface area contributed by atoms with E-state index in [0.717, 1.165) is 25.5 Å². The van der Waals surface area contributed by atoms with Gasteiger partial charge in [0.2, 0.25) is 5.91 Å². The second-order valence-electron chi connectivity index (χ2n) is 4.53. The van der Waals surface area contributed by atoms with Crippen LogP contribution in [0.15, 0.2) is 18.2 Å². The molecule has 0 heterocycles. The Bertz CT molecular complexity index is 443. The number of nitrogens with zero attached hydrogens (tertiary/aromatic N) is 1. The Morgan fingerprint density at radius 1 is 1.45 bits per heavy atom. The van der Waals surface area contributed by atoms with E-state index in [0.29, 0.717) is 6.54 Å². The number of halogens is 2. The number of unbranched alkanes of at least 4 members (excludes halogenated alkanes) is 1. The lowest BCUT2D eigenvalue weighted by Gasteiger charge is -2.20. The number of benzene rings is 1. The second-order valence-corrected chi connectivity index (χ2v) is 4.96. The summed E-state index contributed by atoms with van der Waals surface area (Å²) in [4.78, 5) is 13.7. The zero-order chi connectivity index (χ0) is 15.0. The number of nitrogens with one attached hydrogen (secondary N) is 1. The van der Waals surface area contributed by atoms with Crippen LogP contribution in [-0.2, 0) is 4.79 Å². The molecule has 0 saturated heterocycles. The van der Waals surface area contributed by atoms with Gasteiger partial charge >= 0.3 is 0 Å². The molecule has 0 unspecified atom stereocenters. The minimum atomic E-state index is -0.562. The summed E-state index contributed by atoms with van der Waals surface area (Å²) in [5, 5.41) is 11.8. The average molecular weight is 303 g/mol. The van der Waals surface area contributed by atoms with Crippen LogP contribution in [0.3, 0.4) is 0 Å². The number of hydrogen-bond acceptors (Lipinski definition) is 3. The lowest BCUT2D eigenvalue weighted by molar-refractivity contribution is -0.117. The Hall–Kier alpha value is -1.17. The van der Waals surface area contributed by atoms with Crippen molar-refractivity contribution >= 4 is 23.2 Å². The van der Waals surface area contributed by atoms with Gasteiger partial charge in [0.1, 0.15) is 5.82 Å². The fourth-order valence-electron chi connectivity index (χ4n) is 1.78. The summed E-state index contributed by atoms with van der Waals surface area (Å²) < 4.78 is 13.5. The number of amides is 1. The molecular weight excluding hydrogens is 283 g/mol. The van der Waals surface area contributed by atoms with Gasteiger partial charge in [-0.15, -0.1) is 0 Å². The summed E-state index contributed by atoms with van der Waals surface area (Å²) >= 11 is 5.65. The molecule has 0 aliphatic carbocycles. The van der Waals surface area contributed by atoms with Crippen molar-refractivity contribution < 1.29 is 14.3 Å². The zero-order valence-electron chi connectivity index (χ0n) is 11.5. The van der Waals surface area contributed by atoms with E-state index < -0.39 is 5.82 Å². The molecule has 0 aliphatic heterocycles. The van der Waals surface area contributed by atoms with Crippen molar-refractivity contribution in [2.75, 3.05) is 31.6 Å². The van der Waals surface area contributed by atoms with Crippen LogP contribution in [0, 0.1) is 5.82 Å². The second kappa shape index (κ2) is 8.89. The summed E-state index contributed by atoms with van der Waals surface area (Å²) in [6, 6.07) is 4.10. The Morgan fingerprint density at radius 2 is 2.20 bits per heavy atom. The van der Waals surface area contributed by atoms with Gasteiger partial charge in [-0.1, -0.05) is 24.9 Å². The Kier molecular flexibility index (Phi) is 7.51. The normalized spacial score (nSPS) is 10.8. The Labute approximate surface area is 123 Å². The lowest BCUT2D eigenvalue weighted by Crippen LogP contribution is -2.36. The molecule has 1 aromatic carbocycles. The van der Waals surface area contributed by atoms with Gasteiger partial charge in [0.05, 0.1) is 18.8 Å². The van der Waals surface area contributed by atoms with Gasteiger partial charge in [-0.05, 0) is 31.2 Å². The van der Waals surface area contributed by atoms with E-state index in [2.05, 4.69) is 12.2 Å². The SMILES string of the molecule is CCCCN(CCO)CC(=O)Nc1ccc(Cl)cc1F. The minimum Gasteiger partial charge on any atom is -0.395 e. The molecule has 1 rings (SSSR count). The fraction of sp³-hybridized carbons (Fsp3) is 0.500. The van der Waals surface area contributed by atoms with Crippen molar-refractivity contribution in [3.05, 3.63) is 29.0 Å². The standard InChI is InChI=1S/C14H20ClFN2O2/c1-2-3-6-18(7-8-19)10-14(20)17-13-5-4-11(15)9-12(13)16/h4-5,9,19H,2-3,6-8,10H2,1H3,(H,17,20). The molecule has 0 saturated carbocycles. The quantitative estimate of drug-likeness (QED) is 0.776. The summed E-state index contributed by atoms with van der Waals surface area (Å²) in [5.74, 6) is -0.871. The molecule has 6 heteroatoms. The predicted molar refractivity (Wildman–Crippen MR) is 78.5 cm³/mol. The van der Waals surface area contributed by atoms with E-state index >= 15 is 0 Å². The number of carbonyl (C=O) groups excluding carboxylic acids is 1. The van der Waals surface area contributed by atoms with Crippen LogP contribution in [0.4, 0.5) is 10.1 Å².